The lowest BCUT2D eigenvalue weighted by molar-refractivity contribution is -0.140. The van der Waals surface area contributed by atoms with Crippen molar-refractivity contribution in [1.29, 1.82) is 0 Å². The van der Waals surface area contributed by atoms with Gasteiger partial charge < -0.3 is 14.7 Å². The standard InChI is InChI=1S/C18H26N2O3/c21-16(14-23-17-7-2-1-3-8-17)13-19-9-11-20(12-10-19)18(22)15-5-4-6-15/h1-3,7-8,15-16,21H,4-6,9-14H2/t16-/m1/s1. The number of benzene rings is 1. The Labute approximate surface area is 137 Å². The average molecular weight is 318 g/mol. The number of nitrogens with zero attached hydrogens (tertiary/aromatic N) is 2. The minimum atomic E-state index is -0.510. The van der Waals surface area contributed by atoms with Crippen molar-refractivity contribution in [3.63, 3.8) is 0 Å². The van der Waals surface area contributed by atoms with Crippen LogP contribution in [0.1, 0.15) is 19.3 Å². The SMILES string of the molecule is O=C(C1CCC1)N1CCN(C[C@@H](O)COc2ccccc2)CC1. The molecule has 1 aliphatic carbocycles. The first-order chi connectivity index (χ1) is 11.2. The predicted octanol–water partition coefficient (Wildman–Crippen LogP) is 1.37. The minimum Gasteiger partial charge on any atom is -0.491 e. The molecule has 1 atom stereocenters. The van der Waals surface area contributed by atoms with Crippen LogP contribution in [-0.4, -0.2) is 66.2 Å². The van der Waals surface area contributed by atoms with Crippen LogP contribution in [0.3, 0.4) is 0 Å². The number of hydrogen-bond acceptors (Lipinski definition) is 4. The molecule has 1 heterocycles. The maximum absolute atomic E-state index is 12.2. The van der Waals surface area contributed by atoms with Gasteiger partial charge in [0, 0.05) is 38.6 Å². The summed E-state index contributed by atoms with van der Waals surface area (Å²) >= 11 is 0. The van der Waals surface area contributed by atoms with Gasteiger partial charge in [0.2, 0.25) is 5.91 Å². The average Bonchev–Trinajstić information content (AvgIpc) is 2.53. The van der Waals surface area contributed by atoms with Crippen LogP contribution in [0, 0.1) is 5.92 Å². The lowest BCUT2D eigenvalue weighted by atomic mass is 9.84. The van der Waals surface area contributed by atoms with Crippen molar-refractivity contribution < 1.29 is 14.6 Å². The minimum absolute atomic E-state index is 0.284. The first-order valence-corrected chi connectivity index (χ1v) is 8.59. The molecule has 1 N–H and O–H groups in total. The fraction of sp³-hybridized carbons (Fsp3) is 0.611. The highest BCUT2D eigenvalue weighted by atomic mass is 16.5. The Bertz CT molecular complexity index is 496. The lowest BCUT2D eigenvalue weighted by Crippen LogP contribution is -2.52. The number of rotatable bonds is 6. The topological polar surface area (TPSA) is 53.0 Å². The molecule has 0 aromatic heterocycles. The summed E-state index contributed by atoms with van der Waals surface area (Å²) in [5.74, 6) is 1.40. The first kappa shape index (κ1) is 16.3. The van der Waals surface area contributed by atoms with Crippen LogP contribution < -0.4 is 4.74 Å². The van der Waals surface area contributed by atoms with Gasteiger partial charge in [0.15, 0.2) is 0 Å². The van der Waals surface area contributed by atoms with Gasteiger partial charge in [-0.1, -0.05) is 24.6 Å². The Morgan fingerprint density at radius 3 is 2.48 bits per heavy atom. The van der Waals surface area contributed by atoms with E-state index in [0.29, 0.717) is 19.1 Å². The first-order valence-electron chi connectivity index (χ1n) is 8.59. The molecule has 1 saturated heterocycles. The molecular formula is C18H26N2O3. The second kappa shape index (κ2) is 7.79. The quantitative estimate of drug-likeness (QED) is 0.861. The molecule has 1 aromatic rings. The van der Waals surface area contributed by atoms with Gasteiger partial charge in [0.1, 0.15) is 18.5 Å². The Morgan fingerprint density at radius 1 is 1.17 bits per heavy atom. The number of aliphatic hydroxyl groups is 1. The number of carbonyl (C=O) groups is 1. The molecular weight excluding hydrogens is 292 g/mol. The van der Waals surface area contributed by atoms with Gasteiger partial charge in [0.25, 0.3) is 0 Å². The summed E-state index contributed by atoms with van der Waals surface area (Å²) in [6.07, 6.45) is 2.82. The highest BCUT2D eigenvalue weighted by molar-refractivity contribution is 5.79. The molecule has 1 saturated carbocycles. The number of carbonyl (C=O) groups excluding carboxylic acids is 1. The van der Waals surface area contributed by atoms with Gasteiger partial charge in [0.05, 0.1) is 0 Å². The zero-order chi connectivity index (χ0) is 16.1. The fourth-order valence-corrected chi connectivity index (χ4v) is 3.12. The highest BCUT2D eigenvalue weighted by Gasteiger charge is 2.31. The number of para-hydroxylation sites is 1. The smallest absolute Gasteiger partial charge is 0.225 e. The van der Waals surface area contributed by atoms with Crippen molar-refractivity contribution in [2.75, 3.05) is 39.3 Å². The largest absolute Gasteiger partial charge is 0.491 e. The van der Waals surface area contributed by atoms with Gasteiger partial charge in [-0.2, -0.15) is 0 Å². The van der Waals surface area contributed by atoms with Crippen molar-refractivity contribution in [1.82, 2.24) is 9.80 Å². The van der Waals surface area contributed by atoms with Crippen LogP contribution in [0.4, 0.5) is 0 Å². The van der Waals surface area contributed by atoms with Crippen molar-refractivity contribution in [2.24, 2.45) is 5.92 Å². The molecule has 5 heteroatoms. The van der Waals surface area contributed by atoms with Crippen LogP contribution in [0.15, 0.2) is 30.3 Å². The number of amides is 1. The normalized spacial score (nSPS) is 20.8. The molecule has 2 fully saturated rings. The molecule has 3 rings (SSSR count). The summed E-state index contributed by atoms with van der Waals surface area (Å²) in [5, 5.41) is 10.1. The Balaban J connectivity index is 1.35. The third-order valence-electron chi connectivity index (χ3n) is 4.79. The van der Waals surface area contributed by atoms with Crippen LogP contribution in [-0.2, 0) is 4.79 Å². The second-order valence-corrected chi connectivity index (χ2v) is 6.53. The number of β-amino-alcohol motifs (C(OH)–C–C–N with tert-alkyl or cyclic N) is 1. The summed E-state index contributed by atoms with van der Waals surface area (Å²) in [5.41, 5.74) is 0. The van der Waals surface area contributed by atoms with E-state index in [1.807, 2.05) is 35.2 Å². The maximum atomic E-state index is 12.2. The van der Waals surface area contributed by atoms with E-state index in [9.17, 15) is 9.90 Å². The maximum Gasteiger partial charge on any atom is 0.225 e. The van der Waals surface area contributed by atoms with Crippen LogP contribution in [0.5, 0.6) is 5.75 Å². The molecule has 1 aromatic carbocycles. The number of ether oxygens (including phenoxy) is 1. The van der Waals surface area contributed by atoms with Crippen molar-refractivity contribution in [3.05, 3.63) is 30.3 Å². The number of piperazine rings is 1. The summed E-state index contributed by atoms with van der Waals surface area (Å²) < 4.78 is 5.58. The number of aliphatic hydroxyl groups excluding tert-OH is 1. The molecule has 126 valence electrons. The lowest BCUT2D eigenvalue weighted by Gasteiger charge is -2.38. The Morgan fingerprint density at radius 2 is 1.87 bits per heavy atom. The number of hydrogen-bond donors (Lipinski definition) is 1. The van der Waals surface area contributed by atoms with E-state index in [1.54, 1.807) is 0 Å². The van der Waals surface area contributed by atoms with Gasteiger partial charge in [-0.05, 0) is 25.0 Å². The summed E-state index contributed by atoms with van der Waals surface area (Å²) in [6.45, 7) is 4.12. The fourth-order valence-electron chi connectivity index (χ4n) is 3.12. The van der Waals surface area contributed by atoms with Gasteiger partial charge in [-0.15, -0.1) is 0 Å². The molecule has 1 amide bonds. The van der Waals surface area contributed by atoms with Gasteiger partial charge in [-0.3, -0.25) is 9.69 Å². The van der Waals surface area contributed by atoms with Gasteiger partial charge in [-0.25, -0.2) is 0 Å². The summed E-state index contributed by atoms with van der Waals surface area (Å²) in [7, 11) is 0. The molecule has 2 aliphatic rings. The van der Waals surface area contributed by atoms with E-state index in [4.69, 9.17) is 4.74 Å². The third kappa shape index (κ3) is 4.45. The zero-order valence-electron chi connectivity index (χ0n) is 13.6. The molecule has 0 unspecified atom stereocenters. The van der Waals surface area contributed by atoms with Crippen LogP contribution in [0.25, 0.3) is 0 Å². The Hall–Kier alpha value is -1.59. The van der Waals surface area contributed by atoms with Crippen LogP contribution in [0.2, 0.25) is 0 Å². The molecule has 0 radical (unpaired) electrons. The predicted molar refractivity (Wildman–Crippen MR) is 88.3 cm³/mol. The summed E-state index contributed by atoms with van der Waals surface area (Å²) in [6, 6.07) is 9.54. The van der Waals surface area contributed by atoms with Crippen LogP contribution >= 0.6 is 0 Å². The van der Waals surface area contributed by atoms with Crippen molar-refractivity contribution in [2.45, 2.75) is 25.4 Å². The monoisotopic (exact) mass is 318 g/mol. The second-order valence-electron chi connectivity index (χ2n) is 6.53. The van der Waals surface area contributed by atoms with E-state index >= 15 is 0 Å². The van der Waals surface area contributed by atoms with E-state index in [0.717, 1.165) is 44.8 Å². The third-order valence-corrected chi connectivity index (χ3v) is 4.79. The van der Waals surface area contributed by atoms with E-state index in [1.165, 1.54) is 6.42 Å². The van der Waals surface area contributed by atoms with Crippen molar-refractivity contribution in [3.8, 4) is 5.75 Å². The van der Waals surface area contributed by atoms with Crippen molar-refractivity contribution >= 4 is 5.91 Å². The van der Waals surface area contributed by atoms with Gasteiger partial charge >= 0.3 is 0 Å². The van der Waals surface area contributed by atoms with E-state index in [2.05, 4.69) is 4.90 Å². The molecule has 0 bridgehead atoms. The molecule has 1 aliphatic heterocycles. The summed E-state index contributed by atoms with van der Waals surface area (Å²) in [4.78, 5) is 16.4. The van der Waals surface area contributed by atoms with E-state index in [-0.39, 0.29) is 5.92 Å². The van der Waals surface area contributed by atoms with E-state index < -0.39 is 6.10 Å². The zero-order valence-corrected chi connectivity index (χ0v) is 13.6. The molecule has 0 spiro atoms. The highest BCUT2D eigenvalue weighted by Crippen LogP contribution is 2.28. The molecule has 23 heavy (non-hydrogen) atoms. The molecule has 5 nitrogen and oxygen atoms in total. The Kier molecular flexibility index (Phi) is 5.51.